The number of carbonyl (C=O) groups is 1. The third-order valence-electron chi connectivity index (χ3n) is 4.31. The SMILES string of the molecule is O=C(Nc1cc(C(F)(F)F)ccc1-n1cncn1)c1cccc(Oc2ccccc2)c1. The average Bonchev–Trinajstić information content (AvgIpc) is 3.29. The third-order valence-corrected chi connectivity index (χ3v) is 4.31. The van der Waals surface area contributed by atoms with E-state index in [1.807, 2.05) is 18.2 Å². The lowest BCUT2D eigenvalue weighted by molar-refractivity contribution is -0.137. The van der Waals surface area contributed by atoms with E-state index < -0.39 is 17.6 Å². The maximum Gasteiger partial charge on any atom is 0.416 e. The molecule has 0 atom stereocenters. The van der Waals surface area contributed by atoms with Crippen LogP contribution in [0.3, 0.4) is 0 Å². The van der Waals surface area contributed by atoms with Gasteiger partial charge in [-0.15, -0.1) is 0 Å². The Kier molecular flexibility index (Phi) is 5.40. The molecule has 0 saturated heterocycles. The Bertz CT molecular complexity index is 1190. The molecule has 3 aromatic carbocycles. The number of hydrogen-bond donors (Lipinski definition) is 1. The first-order valence-electron chi connectivity index (χ1n) is 9.11. The number of anilines is 1. The minimum absolute atomic E-state index is 0.0558. The van der Waals surface area contributed by atoms with Crippen LogP contribution in [0.1, 0.15) is 15.9 Å². The molecule has 6 nitrogen and oxygen atoms in total. The van der Waals surface area contributed by atoms with E-state index >= 15 is 0 Å². The molecular weight excluding hydrogens is 409 g/mol. The maximum atomic E-state index is 13.2. The Balaban J connectivity index is 1.63. The lowest BCUT2D eigenvalue weighted by Crippen LogP contribution is -2.15. The molecule has 0 aliphatic rings. The number of halogens is 3. The summed E-state index contributed by atoms with van der Waals surface area (Å²) in [5.74, 6) is 0.407. The first-order valence-corrected chi connectivity index (χ1v) is 9.11. The number of carbonyl (C=O) groups excluding carboxylic acids is 1. The topological polar surface area (TPSA) is 69.0 Å². The maximum absolute atomic E-state index is 13.2. The standard InChI is InChI=1S/C22H15F3N4O2/c23-22(24,25)16-9-10-20(29-14-26-13-27-29)19(12-16)28-21(30)15-5-4-8-18(11-15)31-17-6-2-1-3-7-17/h1-14H,(H,28,30). The molecule has 1 heterocycles. The predicted octanol–water partition coefficient (Wildman–Crippen LogP) is 5.33. The monoisotopic (exact) mass is 424 g/mol. The van der Waals surface area contributed by atoms with Crippen LogP contribution in [0, 0.1) is 0 Å². The van der Waals surface area contributed by atoms with Crippen LogP contribution in [-0.2, 0) is 6.18 Å². The zero-order chi connectivity index (χ0) is 21.8. The van der Waals surface area contributed by atoms with Crippen LogP contribution in [0.15, 0.2) is 85.5 Å². The number of amides is 1. The van der Waals surface area contributed by atoms with Crippen molar-refractivity contribution >= 4 is 11.6 Å². The van der Waals surface area contributed by atoms with E-state index in [4.69, 9.17) is 4.74 Å². The van der Waals surface area contributed by atoms with Crippen molar-refractivity contribution in [1.82, 2.24) is 14.8 Å². The second kappa shape index (κ2) is 8.31. The van der Waals surface area contributed by atoms with E-state index in [0.717, 1.165) is 12.1 Å². The lowest BCUT2D eigenvalue weighted by atomic mass is 10.1. The van der Waals surface area contributed by atoms with Gasteiger partial charge in [0.2, 0.25) is 0 Å². The van der Waals surface area contributed by atoms with Crippen molar-refractivity contribution in [2.75, 3.05) is 5.32 Å². The Hall–Kier alpha value is -4.14. The normalized spacial score (nSPS) is 11.2. The molecule has 4 rings (SSSR count). The highest BCUT2D eigenvalue weighted by Crippen LogP contribution is 2.33. The van der Waals surface area contributed by atoms with Crippen molar-refractivity contribution < 1.29 is 22.7 Å². The molecule has 1 N–H and O–H groups in total. The van der Waals surface area contributed by atoms with Crippen molar-refractivity contribution in [3.05, 3.63) is 96.6 Å². The smallest absolute Gasteiger partial charge is 0.416 e. The Labute approximate surface area is 174 Å². The predicted molar refractivity (Wildman–Crippen MR) is 107 cm³/mol. The second-order valence-electron chi connectivity index (χ2n) is 6.47. The highest BCUT2D eigenvalue weighted by molar-refractivity contribution is 6.05. The van der Waals surface area contributed by atoms with Crippen LogP contribution >= 0.6 is 0 Å². The molecule has 4 aromatic rings. The highest BCUT2D eigenvalue weighted by Gasteiger charge is 2.31. The highest BCUT2D eigenvalue weighted by atomic mass is 19.4. The van der Waals surface area contributed by atoms with Crippen molar-refractivity contribution in [2.45, 2.75) is 6.18 Å². The van der Waals surface area contributed by atoms with Gasteiger partial charge in [0, 0.05) is 5.56 Å². The molecule has 156 valence electrons. The van der Waals surface area contributed by atoms with Gasteiger partial charge < -0.3 is 10.1 Å². The van der Waals surface area contributed by atoms with E-state index in [1.165, 1.54) is 35.5 Å². The fourth-order valence-corrected chi connectivity index (χ4v) is 2.86. The first kappa shape index (κ1) is 20.1. The molecule has 1 aromatic heterocycles. The summed E-state index contributed by atoms with van der Waals surface area (Å²) >= 11 is 0. The molecule has 0 radical (unpaired) electrons. The van der Waals surface area contributed by atoms with E-state index in [1.54, 1.807) is 24.3 Å². The Morgan fingerprint density at radius 2 is 1.71 bits per heavy atom. The lowest BCUT2D eigenvalue weighted by Gasteiger charge is -2.15. The number of benzene rings is 3. The number of hydrogen-bond acceptors (Lipinski definition) is 4. The van der Waals surface area contributed by atoms with E-state index in [0.29, 0.717) is 11.5 Å². The summed E-state index contributed by atoms with van der Waals surface area (Å²) in [6, 6.07) is 18.3. The minimum atomic E-state index is -4.57. The molecule has 0 saturated carbocycles. The van der Waals surface area contributed by atoms with Gasteiger partial charge in [0.05, 0.1) is 16.9 Å². The van der Waals surface area contributed by atoms with Crippen LogP contribution in [0.2, 0.25) is 0 Å². The fraction of sp³-hybridized carbons (Fsp3) is 0.0455. The zero-order valence-electron chi connectivity index (χ0n) is 15.9. The van der Waals surface area contributed by atoms with Gasteiger partial charge >= 0.3 is 6.18 Å². The van der Waals surface area contributed by atoms with Crippen molar-refractivity contribution in [2.24, 2.45) is 0 Å². The molecule has 0 aliphatic carbocycles. The summed E-state index contributed by atoms with van der Waals surface area (Å²) in [5.41, 5.74) is -0.488. The first-order chi connectivity index (χ1) is 14.9. The molecule has 0 aliphatic heterocycles. The second-order valence-corrected chi connectivity index (χ2v) is 6.47. The van der Waals surface area contributed by atoms with Gasteiger partial charge in [-0.25, -0.2) is 9.67 Å². The minimum Gasteiger partial charge on any atom is -0.457 e. The molecule has 0 spiro atoms. The van der Waals surface area contributed by atoms with Crippen molar-refractivity contribution in [3.8, 4) is 17.2 Å². The average molecular weight is 424 g/mol. The van der Waals surface area contributed by atoms with E-state index in [-0.39, 0.29) is 16.9 Å². The zero-order valence-corrected chi connectivity index (χ0v) is 15.9. The van der Waals surface area contributed by atoms with Gasteiger partial charge in [-0.3, -0.25) is 4.79 Å². The molecule has 31 heavy (non-hydrogen) atoms. The molecule has 0 fully saturated rings. The third kappa shape index (κ3) is 4.72. The largest absolute Gasteiger partial charge is 0.457 e. The van der Waals surface area contributed by atoms with E-state index in [9.17, 15) is 18.0 Å². The molecular formula is C22H15F3N4O2. The summed E-state index contributed by atoms with van der Waals surface area (Å²) in [6.07, 6.45) is -2.00. The summed E-state index contributed by atoms with van der Waals surface area (Å²) < 4.78 is 46.6. The van der Waals surface area contributed by atoms with Gasteiger partial charge in [-0.1, -0.05) is 24.3 Å². The molecule has 1 amide bonds. The van der Waals surface area contributed by atoms with Gasteiger partial charge in [-0.05, 0) is 48.5 Å². The van der Waals surface area contributed by atoms with Gasteiger partial charge in [0.15, 0.2) is 0 Å². The number of nitrogens with zero attached hydrogens (tertiary/aromatic N) is 3. The van der Waals surface area contributed by atoms with Crippen LogP contribution in [0.5, 0.6) is 11.5 Å². The molecule has 9 heteroatoms. The number of para-hydroxylation sites is 1. The summed E-state index contributed by atoms with van der Waals surface area (Å²) in [5, 5.41) is 6.47. The number of rotatable bonds is 5. The van der Waals surface area contributed by atoms with Crippen LogP contribution in [0.25, 0.3) is 5.69 Å². The van der Waals surface area contributed by atoms with Crippen molar-refractivity contribution in [3.63, 3.8) is 0 Å². The van der Waals surface area contributed by atoms with Crippen molar-refractivity contribution in [1.29, 1.82) is 0 Å². The van der Waals surface area contributed by atoms with Crippen LogP contribution in [-0.4, -0.2) is 20.7 Å². The van der Waals surface area contributed by atoms with Gasteiger partial charge in [-0.2, -0.15) is 18.3 Å². The van der Waals surface area contributed by atoms with Gasteiger partial charge in [0.25, 0.3) is 5.91 Å². The number of alkyl halides is 3. The Morgan fingerprint density at radius 1 is 0.935 bits per heavy atom. The summed E-state index contributed by atoms with van der Waals surface area (Å²) in [6.45, 7) is 0. The number of aromatic nitrogens is 3. The number of nitrogens with one attached hydrogen (secondary N) is 1. The number of ether oxygens (including phenoxy) is 1. The van der Waals surface area contributed by atoms with Crippen LogP contribution in [0.4, 0.5) is 18.9 Å². The van der Waals surface area contributed by atoms with E-state index in [2.05, 4.69) is 15.4 Å². The molecule has 0 unspecified atom stereocenters. The summed E-state index contributed by atoms with van der Waals surface area (Å²) in [4.78, 5) is 16.6. The molecule has 0 bridgehead atoms. The summed E-state index contributed by atoms with van der Waals surface area (Å²) in [7, 11) is 0. The van der Waals surface area contributed by atoms with Crippen LogP contribution < -0.4 is 10.1 Å². The Morgan fingerprint density at radius 3 is 2.42 bits per heavy atom. The van der Waals surface area contributed by atoms with Gasteiger partial charge in [0.1, 0.15) is 24.2 Å². The fourth-order valence-electron chi connectivity index (χ4n) is 2.86. The quantitative estimate of drug-likeness (QED) is 0.470.